The second-order valence-electron chi connectivity index (χ2n) is 4.75. The van der Waals surface area contributed by atoms with Crippen LogP contribution in [0.5, 0.6) is 0 Å². The lowest BCUT2D eigenvalue weighted by molar-refractivity contribution is 0.862. The lowest BCUT2D eigenvalue weighted by atomic mass is 10.3. The highest BCUT2D eigenvalue weighted by atomic mass is 35.6. The van der Waals surface area contributed by atoms with Crippen molar-refractivity contribution in [2.45, 2.75) is 25.8 Å². The number of rotatable bonds is 4. The third-order valence-corrected chi connectivity index (χ3v) is 10.2. The van der Waals surface area contributed by atoms with Crippen molar-refractivity contribution >= 4 is 28.8 Å². The molecule has 2 heteroatoms. The Morgan fingerprint density at radius 2 is 1.28 bits per heavy atom. The summed E-state index contributed by atoms with van der Waals surface area (Å²) in [5, 5.41) is 2.62. The summed E-state index contributed by atoms with van der Waals surface area (Å²) in [4.78, 5) is 0. The minimum Gasteiger partial charge on any atom is -0.155 e. The van der Waals surface area contributed by atoms with Crippen molar-refractivity contribution in [2.75, 3.05) is 0 Å². The van der Waals surface area contributed by atoms with Gasteiger partial charge in [-0.2, -0.15) is 11.1 Å². The maximum absolute atomic E-state index is 7.18. The van der Waals surface area contributed by atoms with Gasteiger partial charge in [-0.3, -0.25) is 0 Å². The third kappa shape index (κ3) is 2.38. The standard InChI is InChI=1S/C16H19ClSi/c1-3-14(2)18(17,15-10-6-4-7-11-15)16-12-8-5-9-13-16/h4-14H,3H2,1-2H3. The fourth-order valence-electron chi connectivity index (χ4n) is 2.38. The molecule has 0 aliphatic rings. The van der Waals surface area contributed by atoms with Crippen LogP contribution >= 0.6 is 11.1 Å². The fraction of sp³-hybridized carbons (Fsp3) is 0.250. The Morgan fingerprint density at radius 1 is 0.889 bits per heavy atom. The van der Waals surface area contributed by atoms with Crippen LogP contribution < -0.4 is 10.4 Å². The van der Waals surface area contributed by atoms with Gasteiger partial charge in [0.2, 0.25) is 7.38 Å². The quantitative estimate of drug-likeness (QED) is 0.588. The molecule has 2 aromatic rings. The van der Waals surface area contributed by atoms with Crippen molar-refractivity contribution in [2.24, 2.45) is 0 Å². The second-order valence-corrected chi connectivity index (χ2v) is 10.1. The Morgan fingerprint density at radius 3 is 1.61 bits per heavy atom. The summed E-state index contributed by atoms with van der Waals surface area (Å²) in [5.41, 5.74) is 0.518. The molecule has 2 aromatic carbocycles. The fourth-order valence-corrected chi connectivity index (χ4v) is 6.99. The summed E-state index contributed by atoms with van der Waals surface area (Å²) in [7, 11) is -2.13. The first-order chi connectivity index (χ1) is 8.69. The van der Waals surface area contributed by atoms with Crippen molar-refractivity contribution in [3.05, 3.63) is 60.7 Å². The highest BCUT2D eigenvalue weighted by molar-refractivity contribution is 7.34. The normalized spacial score (nSPS) is 13.3. The topological polar surface area (TPSA) is 0 Å². The second kappa shape index (κ2) is 5.72. The highest BCUT2D eigenvalue weighted by Crippen LogP contribution is 2.28. The molecule has 0 spiro atoms. The molecular formula is C16H19ClSi. The molecule has 1 atom stereocenters. The highest BCUT2D eigenvalue weighted by Gasteiger charge is 2.40. The Hall–Kier alpha value is -1.05. The minimum atomic E-state index is -2.13. The molecule has 2 rings (SSSR count). The zero-order valence-electron chi connectivity index (χ0n) is 10.9. The first-order valence-electron chi connectivity index (χ1n) is 6.49. The van der Waals surface area contributed by atoms with E-state index >= 15 is 0 Å². The zero-order chi connectivity index (χ0) is 13.0. The van der Waals surface area contributed by atoms with Gasteiger partial charge >= 0.3 is 0 Å². The van der Waals surface area contributed by atoms with Gasteiger partial charge in [-0.15, -0.1) is 0 Å². The number of benzene rings is 2. The molecule has 0 saturated carbocycles. The maximum atomic E-state index is 7.18. The van der Waals surface area contributed by atoms with Crippen LogP contribution in [0, 0.1) is 0 Å². The van der Waals surface area contributed by atoms with Crippen LogP contribution in [-0.2, 0) is 0 Å². The van der Waals surface area contributed by atoms with Gasteiger partial charge in [0.05, 0.1) is 0 Å². The van der Waals surface area contributed by atoms with Crippen molar-refractivity contribution in [3.8, 4) is 0 Å². The van der Waals surface area contributed by atoms with E-state index < -0.39 is 7.38 Å². The van der Waals surface area contributed by atoms with Crippen molar-refractivity contribution in [1.29, 1.82) is 0 Å². The Balaban J connectivity index is 2.55. The number of hydrogen-bond donors (Lipinski definition) is 0. The van der Waals surface area contributed by atoms with Gasteiger partial charge in [0.1, 0.15) is 0 Å². The van der Waals surface area contributed by atoms with Crippen LogP contribution in [0.3, 0.4) is 0 Å². The molecule has 0 saturated heterocycles. The molecule has 18 heavy (non-hydrogen) atoms. The van der Waals surface area contributed by atoms with E-state index in [4.69, 9.17) is 11.1 Å². The molecule has 0 fully saturated rings. The lowest BCUT2D eigenvalue weighted by Crippen LogP contribution is -2.56. The van der Waals surface area contributed by atoms with Crippen LogP contribution in [0.2, 0.25) is 5.54 Å². The SMILES string of the molecule is CCC(C)[Si](Cl)(c1ccccc1)c1ccccc1. The van der Waals surface area contributed by atoms with E-state index in [2.05, 4.69) is 74.5 Å². The molecule has 0 nitrogen and oxygen atoms in total. The van der Waals surface area contributed by atoms with E-state index in [-0.39, 0.29) is 0 Å². The van der Waals surface area contributed by atoms with Crippen molar-refractivity contribution in [1.82, 2.24) is 0 Å². The molecule has 94 valence electrons. The average Bonchev–Trinajstić information content (AvgIpc) is 2.47. The van der Waals surface area contributed by atoms with E-state index in [9.17, 15) is 0 Å². The van der Waals surface area contributed by atoms with Gasteiger partial charge in [0, 0.05) is 0 Å². The first-order valence-corrected chi connectivity index (χ1v) is 9.58. The van der Waals surface area contributed by atoms with E-state index in [1.165, 1.54) is 10.4 Å². The summed E-state index contributed by atoms with van der Waals surface area (Å²) < 4.78 is 0. The molecule has 0 heterocycles. The van der Waals surface area contributed by atoms with Gasteiger partial charge < -0.3 is 0 Å². The van der Waals surface area contributed by atoms with Crippen LogP contribution in [0.1, 0.15) is 20.3 Å². The van der Waals surface area contributed by atoms with Gasteiger partial charge in [-0.25, -0.2) is 0 Å². The summed E-state index contributed by atoms with van der Waals surface area (Å²) in [6.07, 6.45) is 1.11. The van der Waals surface area contributed by atoms with Crippen LogP contribution in [0.25, 0.3) is 0 Å². The van der Waals surface area contributed by atoms with Gasteiger partial charge in [0.15, 0.2) is 0 Å². The smallest absolute Gasteiger partial charge is 0.155 e. The molecule has 0 aromatic heterocycles. The van der Waals surface area contributed by atoms with E-state index in [0.717, 1.165) is 6.42 Å². The summed E-state index contributed by atoms with van der Waals surface area (Å²) in [6, 6.07) is 21.2. The predicted molar refractivity (Wildman–Crippen MR) is 83.5 cm³/mol. The van der Waals surface area contributed by atoms with E-state index in [1.807, 2.05) is 0 Å². The molecule has 0 aliphatic heterocycles. The Bertz CT molecular complexity index is 441. The van der Waals surface area contributed by atoms with Gasteiger partial charge in [-0.1, -0.05) is 80.9 Å². The zero-order valence-corrected chi connectivity index (χ0v) is 12.7. The Labute approximate surface area is 115 Å². The maximum Gasteiger partial charge on any atom is 0.220 e. The monoisotopic (exact) mass is 274 g/mol. The number of hydrogen-bond acceptors (Lipinski definition) is 0. The minimum absolute atomic E-state index is 0.518. The van der Waals surface area contributed by atoms with Crippen LogP contribution in [0.4, 0.5) is 0 Å². The van der Waals surface area contributed by atoms with Gasteiger partial charge in [-0.05, 0) is 15.9 Å². The molecular weight excluding hydrogens is 256 g/mol. The number of halogens is 1. The average molecular weight is 275 g/mol. The molecule has 1 unspecified atom stereocenters. The first kappa shape index (κ1) is 13.4. The molecule has 0 N–H and O–H groups in total. The third-order valence-electron chi connectivity index (χ3n) is 3.68. The van der Waals surface area contributed by atoms with Crippen molar-refractivity contribution in [3.63, 3.8) is 0 Å². The Kier molecular flexibility index (Phi) is 4.26. The molecule has 0 aliphatic carbocycles. The summed E-state index contributed by atoms with van der Waals surface area (Å²) in [6.45, 7) is 4.50. The lowest BCUT2D eigenvalue weighted by Gasteiger charge is -2.31. The molecule has 0 amide bonds. The van der Waals surface area contributed by atoms with Crippen molar-refractivity contribution < 1.29 is 0 Å². The molecule has 0 radical (unpaired) electrons. The van der Waals surface area contributed by atoms with E-state index in [1.54, 1.807) is 0 Å². The van der Waals surface area contributed by atoms with Crippen LogP contribution in [0.15, 0.2) is 60.7 Å². The largest absolute Gasteiger partial charge is 0.220 e. The predicted octanol–water partition coefficient (Wildman–Crippen LogP) is 3.79. The van der Waals surface area contributed by atoms with Crippen LogP contribution in [-0.4, -0.2) is 7.38 Å². The summed E-state index contributed by atoms with van der Waals surface area (Å²) in [5.74, 6) is 0. The molecule has 0 bridgehead atoms. The summed E-state index contributed by atoms with van der Waals surface area (Å²) >= 11 is 7.18. The van der Waals surface area contributed by atoms with E-state index in [0.29, 0.717) is 5.54 Å². The van der Waals surface area contributed by atoms with Gasteiger partial charge in [0.25, 0.3) is 0 Å².